The van der Waals surface area contributed by atoms with Crippen LogP contribution in [0.4, 0.5) is 0 Å². The molecule has 0 radical (unpaired) electrons. The van der Waals surface area contributed by atoms with E-state index in [9.17, 15) is 4.79 Å². The fourth-order valence-corrected chi connectivity index (χ4v) is 1.28. The molecule has 1 atom stereocenters. The second-order valence-corrected chi connectivity index (χ2v) is 3.13. The van der Waals surface area contributed by atoms with Crippen LogP contribution in [0.5, 0.6) is 0 Å². The lowest BCUT2D eigenvalue weighted by Gasteiger charge is -2.22. The molecule has 14 heavy (non-hydrogen) atoms. The third-order valence-corrected chi connectivity index (χ3v) is 1.98. The van der Waals surface area contributed by atoms with Crippen molar-refractivity contribution in [2.24, 2.45) is 0 Å². The summed E-state index contributed by atoms with van der Waals surface area (Å²) in [6.07, 6.45) is 0.464. The van der Waals surface area contributed by atoms with Crippen molar-refractivity contribution in [3.05, 3.63) is 0 Å². The van der Waals surface area contributed by atoms with Crippen LogP contribution in [-0.4, -0.2) is 38.3 Å². The van der Waals surface area contributed by atoms with Crippen molar-refractivity contribution >= 4 is 5.91 Å². The average molecular weight is 196 g/mol. The summed E-state index contributed by atoms with van der Waals surface area (Å²) in [6.45, 7) is 4.37. The number of rotatable bonds is 3. The van der Waals surface area contributed by atoms with Gasteiger partial charge < -0.3 is 15.4 Å². The van der Waals surface area contributed by atoms with Crippen molar-refractivity contribution in [2.75, 3.05) is 26.3 Å². The summed E-state index contributed by atoms with van der Waals surface area (Å²) in [7, 11) is 0. The van der Waals surface area contributed by atoms with E-state index in [1.165, 1.54) is 0 Å². The highest BCUT2D eigenvalue weighted by atomic mass is 16.5. The fraction of sp³-hybridized carbons (Fsp3) is 0.700. The van der Waals surface area contributed by atoms with Crippen molar-refractivity contribution in [3.8, 4) is 11.8 Å². The van der Waals surface area contributed by atoms with Gasteiger partial charge in [-0.1, -0.05) is 5.92 Å². The van der Waals surface area contributed by atoms with E-state index in [-0.39, 0.29) is 11.9 Å². The van der Waals surface area contributed by atoms with Crippen LogP contribution in [0, 0.1) is 11.8 Å². The molecule has 0 saturated carbocycles. The van der Waals surface area contributed by atoms with Gasteiger partial charge in [-0.05, 0) is 6.92 Å². The van der Waals surface area contributed by atoms with E-state index < -0.39 is 0 Å². The Balaban J connectivity index is 2.14. The molecule has 1 aliphatic rings. The van der Waals surface area contributed by atoms with Crippen LogP contribution in [0.3, 0.4) is 0 Å². The molecule has 1 unspecified atom stereocenters. The largest absolute Gasteiger partial charge is 0.378 e. The lowest BCUT2D eigenvalue weighted by molar-refractivity contribution is -0.122. The monoisotopic (exact) mass is 196 g/mol. The molecule has 78 valence electrons. The summed E-state index contributed by atoms with van der Waals surface area (Å²) >= 11 is 0. The Morgan fingerprint density at radius 2 is 2.57 bits per heavy atom. The number of nitrogens with one attached hydrogen (secondary N) is 2. The summed E-state index contributed by atoms with van der Waals surface area (Å²) in [5.74, 6) is 5.53. The predicted molar refractivity (Wildman–Crippen MR) is 53.7 cm³/mol. The average Bonchev–Trinajstić information content (AvgIpc) is 2.20. The first-order chi connectivity index (χ1) is 6.83. The Morgan fingerprint density at radius 3 is 3.21 bits per heavy atom. The fourth-order valence-electron chi connectivity index (χ4n) is 1.28. The summed E-state index contributed by atoms with van der Waals surface area (Å²) in [5, 5.41) is 5.94. The highest BCUT2D eigenvalue weighted by molar-refractivity contribution is 5.76. The quantitative estimate of drug-likeness (QED) is 0.599. The van der Waals surface area contributed by atoms with Gasteiger partial charge in [-0.25, -0.2) is 0 Å². The van der Waals surface area contributed by atoms with E-state index in [1.54, 1.807) is 6.92 Å². The Kier molecular flexibility index (Phi) is 5.05. The molecule has 0 aliphatic carbocycles. The minimum absolute atomic E-state index is 0.0238. The maximum absolute atomic E-state index is 11.3. The van der Waals surface area contributed by atoms with Gasteiger partial charge in [0, 0.05) is 19.0 Å². The molecular weight excluding hydrogens is 180 g/mol. The van der Waals surface area contributed by atoms with Crippen LogP contribution < -0.4 is 10.6 Å². The van der Waals surface area contributed by atoms with Crippen LogP contribution in [0.2, 0.25) is 0 Å². The van der Waals surface area contributed by atoms with Crippen LogP contribution >= 0.6 is 0 Å². The number of ether oxygens (including phenoxy) is 1. The molecule has 1 fully saturated rings. The molecule has 0 bridgehead atoms. The van der Waals surface area contributed by atoms with Gasteiger partial charge in [-0.3, -0.25) is 4.79 Å². The van der Waals surface area contributed by atoms with Gasteiger partial charge in [0.05, 0.1) is 19.8 Å². The normalized spacial score (nSPS) is 20.8. The number of carbonyl (C=O) groups is 1. The number of amides is 1. The second kappa shape index (κ2) is 6.41. The Labute approximate surface area is 84.4 Å². The molecule has 0 aromatic carbocycles. The zero-order chi connectivity index (χ0) is 10.2. The topological polar surface area (TPSA) is 50.4 Å². The van der Waals surface area contributed by atoms with Gasteiger partial charge in [0.25, 0.3) is 0 Å². The number of hydrogen-bond acceptors (Lipinski definition) is 3. The molecule has 0 aromatic heterocycles. The van der Waals surface area contributed by atoms with Crippen molar-refractivity contribution in [3.63, 3.8) is 0 Å². The van der Waals surface area contributed by atoms with Gasteiger partial charge in [-0.15, -0.1) is 5.92 Å². The van der Waals surface area contributed by atoms with Crippen LogP contribution in [0.25, 0.3) is 0 Å². The standard InChI is InChI=1S/C10H16N2O2/c1-2-3-4-12-10(13)7-9-8-14-6-5-11-9/h9,11H,4-8H2,1H3,(H,12,13). The first kappa shape index (κ1) is 11.0. The SMILES string of the molecule is CC#CCNC(=O)CC1COCCN1. The number of morpholine rings is 1. The van der Waals surface area contributed by atoms with Crippen LogP contribution in [-0.2, 0) is 9.53 Å². The lowest BCUT2D eigenvalue weighted by Crippen LogP contribution is -2.44. The molecule has 1 amide bonds. The van der Waals surface area contributed by atoms with E-state index >= 15 is 0 Å². The molecule has 4 heteroatoms. The molecule has 1 rings (SSSR count). The summed E-state index contributed by atoms with van der Waals surface area (Å²) in [5.41, 5.74) is 0. The Hall–Kier alpha value is -1.05. The Bertz CT molecular complexity index is 236. The van der Waals surface area contributed by atoms with Gasteiger partial charge in [0.2, 0.25) is 5.91 Å². The van der Waals surface area contributed by atoms with Crippen LogP contribution in [0.15, 0.2) is 0 Å². The minimum Gasteiger partial charge on any atom is -0.378 e. The third-order valence-electron chi connectivity index (χ3n) is 1.98. The second-order valence-electron chi connectivity index (χ2n) is 3.13. The minimum atomic E-state index is 0.0238. The van der Waals surface area contributed by atoms with Crippen molar-refractivity contribution < 1.29 is 9.53 Å². The summed E-state index contributed by atoms with van der Waals surface area (Å²) in [4.78, 5) is 11.3. The molecule has 2 N–H and O–H groups in total. The molecule has 0 aromatic rings. The first-order valence-electron chi connectivity index (χ1n) is 4.80. The maximum Gasteiger partial charge on any atom is 0.222 e. The van der Waals surface area contributed by atoms with E-state index in [0.29, 0.717) is 19.6 Å². The molecule has 1 heterocycles. The van der Waals surface area contributed by atoms with Crippen LogP contribution in [0.1, 0.15) is 13.3 Å². The van der Waals surface area contributed by atoms with Crippen molar-refractivity contribution in [2.45, 2.75) is 19.4 Å². The first-order valence-corrected chi connectivity index (χ1v) is 4.80. The van der Waals surface area contributed by atoms with Gasteiger partial charge in [-0.2, -0.15) is 0 Å². The molecule has 1 aliphatic heterocycles. The smallest absolute Gasteiger partial charge is 0.222 e. The van der Waals surface area contributed by atoms with E-state index in [0.717, 1.165) is 13.2 Å². The third kappa shape index (κ3) is 4.26. The zero-order valence-corrected chi connectivity index (χ0v) is 8.43. The Morgan fingerprint density at radius 1 is 1.71 bits per heavy atom. The van der Waals surface area contributed by atoms with Crippen molar-refractivity contribution in [1.29, 1.82) is 0 Å². The van der Waals surface area contributed by atoms with Gasteiger partial charge in [0.1, 0.15) is 0 Å². The van der Waals surface area contributed by atoms with E-state index in [2.05, 4.69) is 22.5 Å². The summed E-state index contributed by atoms with van der Waals surface area (Å²) < 4.78 is 5.24. The predicted octanol–water partition coefficient (Wildman–Crippen LogP) is -0.496. The molecule has 4 nitrogen and oxygen atoms in total. The van der Waals surface area contributed by atoms with E-state index in [1.807, 2.05) is 0 Å². The number of carbonyl (C=O) groups excluding carboxylic acids is 1. The zero-order valence-electron chi connectivity index (χ0n) is 8.43. The van der Waals surface area contributed by atoms with Crippen molar-refractivity contribution in [1.82, 2.24) is 10.6 Å². The van der Waals surface area contributed by atoms with E-state index in [4.69, 9.17) is 4.74 Å². The van der Waals surface area contributed by atoms with Gasteiger partial charge >= 0.3 is 0 Å². The number of hydrogen-bond donors (Lipinski definition) is 2. The van der Waals surface area contributed by atoms with Gasteiger partial charge in [0.15, 0.2) is 0 Å². The summed E-state index contributed by atoms with van der Waals surface area (Å²) in [6, 6.07) is 0.151. The molecule has 1 saturated heterocycles. The highest BCUT2D eigenvalue weighted by Crippen LogP contribution is 1.97. The molecule has 0 spiro atoms. The maximum atomic E-state index is 11.3. The lowest BCUT2D eigenvalue weighted by atomic mass is 10.2. The highest BCUT2D eigenvalue weighted by Gasteiger charge is 2.15. The molecular formula is C10H16N2O2.